The van der Waals surface area contributed by atoms with E-state index in [1.807, 2.05) is 24.3 Å². The number of methoxy groups -OCH3 is 2. The molecule has 8 heteroatoms. The number of nitrogens with zero attached hydrogens (tertiary/aromatic N) is 2. The van der Waals surface area contributed by atoms with E-state index in [-0.39, 0.29) is 11.5 Å². The van der Waals surface area contributed by atoms with Gasteiger partial charge in [0.2, 0.25) is 5.55 Å². The molecule has 0 aliphatic rings. The van der Waals surface area contributed by atoms with E-state index in [2.05, 4.69) is 15.3 Å². The summed E-state index contributed by atoms with van der Waals surface area (Å²) in [4.78, 5) is 21.5. The van der Waals surface area contributed by atoms with Crippen LogP contribution in [0.1, 0.15) is 10.4 Å². The number of amides is 1. The van der Waals surface area contributed by atoms with E-state index in [1.54, 1.807) is 50.1 Å². The summed E-state index contributed by atoms with van der Waals surface area (Å²) >= 11 is 1.33. The number of carbonyl (C=O) groups excluding carboxylic acids is 1. The van der Waals surface area contributed by atoms with Crippen molar-refractivity contribution in [1.82, 2.24) is 4.98 Å². The topological polar surface area (TPSA) is 86.0 Å². The zero-order valence-electron chi connectivity index (χ0n) is 15.7. The van der Waals surface area contributed by atoms with E-state index in [0.29, 0.717) is 33.5 Å². The molecule has 0 radical (unpaired) electrons. The van der Waals surface area contributed by atoms with Crippen molar-refractivity contribution in [3.63, 3.8) is 0 Å². The maximum Gasteiger partial charge on any atom is 0.262 e. The number of fused-ring (bicyclic) bond motifs is 1. The van der Waals surface area contributed by atoms with Gasteiger partial charge in [0.05, 0.1) is 19.9 Å². The highest BCUT2D eigenvalue weighted by molar-refractivity contribution is 7.13. The third-order valence-electron chi connectivity index (χ3n) is 4.15. The van der Waals surface area contributed by atoms with Crippen molar-refractivity contribution in [2.75, 3.05) is 19.5 Å². The van der Waals surface area contributed by atoms with Gasteiger partial charge in [-0.1, -0.05) is 18.2 Å². The first-order valence-corrected chi connectivity index (χ1v) is 9.56. The molecule has 4 aromatic rings. The first-order chi connectivity index (χ1) is 14.2. The fourth-order valence-corrected chi connectivity index (χ4v) is 3.30. The fraction of sp³-hybridized carbons (Fsp3) is 0.0952. The van der Waals surface area contributed by atoms with Crippen molar-refractivity contribution in [2.45, 2.75) is 0 Å². The molecule has 7 nitrogen and oxygen atoms in total. The second-order valence-electron chi connectivity index (χ2n) is 5.95. The van der Waals surface area contributed by atoms with E-state index in [1.165, 1.54) is 11.3 Å². The Kier molecular flexibility index (Phi) is 5.26. The lowest BCUT2D eigenvalue weighted by atomic mass is 10.1. The van der Waals surface area contributed by atoms with E-state index in [9.17, 15) is 4.79 Å². The van der Waals surface area contributed by atoms with E-state index in [4.69, 9.17) is 13.9 Å². The third kappa shape index (κ3) is 3.97. The molecule has 0 atom stereocenters. The van der Waals surface area contributed by atoms with Gasteiger partial charge in [-0.15, -0.1) is 11.3 Å². The Hall–Kier alpha value is -3.65. The molecule has 1 N–H and O–H groups in total. The van der Waals surface area contributed by atoms with Gasteiger partial charge in [-0.3, -0.25) is 10.1 Å². The van der Waals surface area contributed by atoms with Crippen LogP contribution in [0.4, 0.5) is 10.8 Å². The van der Waals surface area contributed by atoms with Gasteiger partial charge in [-0.25, -0.2) is 9.98 Å². The number of nitrogens with one attached hydrogen (secondary N) is 1. The summed E-state index contributed by atoms with van der Waals surface area (Å²) in [6, 6.07) is 14.4. The lowest BCUT2D eigenvalue weighted by Crippen LogP contribution is -2.21. The van der Waals surface area contributed by atoms with Crippen LogP contribution in [0.25, 0.3) is 11.0 Å². The zero-order valence-corrected chi connectivity index (χ0v) is 16.5. The van der Waals surface area contributed by atoms with Gasteiger partial charge in [0.15, 0.2) is 16.6 Å². The van der Waals surface area contributed by atoms with Crippen LogP contribution in [0.3, 0.4) is 0 Å². The summed E-state index contributed by atoms with van der Waals surface area (Å²) in [6.45, 7) is 0. The molecule has 0 unspecified atom stereocenters. The molecule has 146 valence electrons. The molecule has 0 saturated heterocycles. The van der Waals surface area contributed by atoms with Crippen LogP contribution in [0, 0.1) is 0 Å². The highest BCUT2D eigenvalue weighted by atomic mass is 32.1. The number of aromatic nitrogens is 1. The smallest absolute Gasteiger partial charge is 0.262 e. The van der Waals surface area contributed by atoms with E-state index < -0.39 is 0 Å². The summed E-state index contributed by atoms with van der Waals surface area (Å²) in [5.74, 6) is 0.764. The second-order valence-corrected chi connectivity index (χ2v) is 6.84. The van der Waals surface area contributed by atoms with Crippen LogP contribution in [0.15, 0.2) is 69.5 Å². The number of rotatable bonds is 5. The predicted octanol–water partition coefficient (Wildman–Crippen LogP) is 4.39. The Morgan fingerprint density at radius 2 is 1.93 bits per heavy atom. The molecule has 4 rings (SSSR count). The van der Waals surface area contributed by atoms with Gasteiger partial charge in [0, 0.05) is 23.0 Å². The highest BCUT2D eigenvalue weighted by Gasteiger charge is 2.14. The Balaban J connectivity index is 1.85. The molecular formula is C21H17N3O4S. The van der Waals surface area contributed by atoms with Gasteiger partial charge in [0.1, 0.15) is 11.1 Å². The van der Waals surface area contributed by atoms with Crippen molar-refractivity contribution >= 4 is 39.0 Å². The number of benzene rings is 2. The van der Waals surface area contributed by atoms with Crippen LogP contribution < -0.4 is 20.3 Å². The van der Waals surface area contributed by atoms with Crippen LogP contribution in [-0.2, 0) is 0 Å². The van der Waals surface area contributed by atoms with Crippen LogP contribution in [-0.4, -0.2) is 25.1 Å². The SMILES string of the molecule is COc1ccc(N=c2oc3ccccc3cc2C(=O)Nc2nccs2)cc1OC. The quantitative estimate of drug-likeness (QED) is 0.530. The highest BCUT2D eigenvalue weighted by Crippen LogP contribution is 2.31. The standard InChI is InChI=1S/C21H17N3O4S/c1-26-17-8-7-14(12-18(17)27-2)23-20-15(19(25)24-21-22-9-10-29-21)11-13-5-3-4-6-16(13)28-20/h3-12H,1-2H3,(H,22,24,25). The summed E-state index contributed by atoms with van der Waals surface area (Å²) in [5, 5.41) is 5.86. The van der Waals surface area contributed by atoms with Crippen LogP contribution in [0.5, 0.6) is 11.5 Å². The normalized spacial score (nSPS) is 11.4. The van der Waals surface area contributed by atoms with Crippen LogP contribution >= 0.6 is 11.3 Å². The first-order valence-electron chi connectivity index (χ1n) is 8.68. The minimum absolute atomic E-state index is 0.185. The molecule has 1 amide bonds. The lowest BCUT2D eigenvalue weighted by molar-refractivity contribution is 0.102. The summed E-state index contributed by atoms with van der Waals surface area (Å²) in [7, 11) is 3.11. The molecule has 29 heavy (non-hydrogen) atoms. The molecular weight excluding hydrogens is 390 g/mol. The number of ether oxygens (including phenoxy) is 2. The summed E-state index contributed by atoms with van der Waals surface area (Å²) < 4.78 is 16.5. The molecule has 2 heterocycles. The molecule has 0 aliphatic heterocycles. The van der Waals surface area contributed by atoms with E-state index >= 15 is 0 Å². The monoisotopic (exact) mass is 407 g/mol. The minimum atomic E-state index is -0.353. The molecule has 0 aliphatic carbocycles. The number of hydrogen-bond acceptors (Lipinski definition) is 7. The molecule has 0 bridgehead atoms. The zero-order chi connectivity index (χ0) is 20.2. The number of anilines is 1. The van der Waals surface area contributed by atoms with Crippen LogP contribution in [0.2, 0.25) is 0 Å². The Morgan fingerprint density at radius 1 is 1.10 bits per heavy atom. The number of para-hydroxylation sites is 1. The summed E-state index contributed by atoms with van der Waals surface area (Å²) in [5.41, 5.74) is 1.67. The van der Waals surface area contributed by atoms with Crippen molar-refractivity contribution in [3.8, 4) is 11.5 Å². The fourth-order valence-electron chi connectivity index (χ4n) is 2.78. The molecule has 0 fully saturated rings. The number of thiazole rings is 1. The first kappa shape index (κ1) is 18.7. The molecule has 2 aromatic heterocycles. The predicted molar refractivity (Wildman–Crippen MR) is 111 cm³/mol. The van der Waals surface area contributed by atoms with Crippen molar-refractivity contribution in [3.05, 3.63) is 71.2 Å². The maximum atomic E-state index is 12.9. The van der Waals surface area contributed by atoms with Gasteiger partial charge in [0.25, 0.3) is 5.91 Å². The average molecular weight is 407 g/mol. The van der Waals surface area contributed by atoms with Crippen molar-refractivity contribution < 1.29 is 18.7 Å². The number of carbonyl (C=O) groups is 1. The Labute approximate surface area is 170 Å². The van der Waals surface area contributed by atoms with Crippen molar-refractivity contribution in [1.29, 1.82) is 0 Å². The maximum absolute atomic E-state index is 12.9. The Bertz CT molecular complexity index is 1230. The lowest BCUT2D eigenvalue weighted by Gasteiger charge is -2.08. The largest absolute Gasteiger partial charge is 0.493 e. The van der Waals surface area contributed by atoms with E-state index in [0.717, 1.165) is 5.39 Å². The minimum Gasteiger partial charge on any atom is -0.493 e. The molecule has 0 spiro atoms. The van der Waals surface area contributed by atoms with Crippen molar-refractivity contribution in [2.24, 2.45) is 4.99 Å². The van der Waals surface area contributed by atoms with Gasteiger partial charge < -0.3 is 13.9 Å². The molecule has 0 saturated carbocycles. The number of hydrogen-bond donors (Lipinski definition) is 1. The van der Waals surface area contributed by atoms with Gasteiger partial charge in [-0.05, 0) is 24.3 Å². The third-order valence-corrected chi connectivity index (χ3v) is 4.84. The summed E-state index contributed by atoms with van der Waals surface area (Å²) in [6.07, 6.45) is 1.62. The van der Waals surface area contributed by atoms with Gasteiger partial charge in [-0.2, -0.15) is 0 Å². The van der Waals surface area contributed by atoms with Gasteiger partial charge >= 0.3 is 0 Å². The average Bonchev–Trinajstić information content (AvgIpc) is 3.26. The Morgan fingerprint density at radius 3 is 2.69 bits per heavy atom. The second kappa shape index (κ2) is 8.15. The molecule has 2 aromatic carbocycles.